The maximum atomic E-state index is 14.0. The number of carbonyl (C=O) groups excluding carboxylic acids is 2. The number of ketones is 2. The van der Waals surface area contributed by atoms with Gasteiger partial charge in [0.1, 0.15) is 78.7 Å². The van der Waals surface area contributed by atoms with Gasteiger partial charge in [0.15, 0.2) is 18.9 Å². The highest BCUT2D eigenvalue weighted by Crippen LogP contribution is 2.66. The van der Waals surface area contributed by atoms with Crippen molar-refractivity contribution in [2.45, 2.75) is 191 Å². The molecule has 3 aliphatic heterocycles. The number of fused-ring (bicyclic) bond motifs is 5. The van der Waals surface area contributed by atoms with Crippen LogP contribution in [0.5, 0.6) is 0 Å². The summed E-state index contributed by atoms with van der Waals surface area (Å²) in [4.78, 5) is 27.8. The standard InChI is InChI=1S/C45H72O18/c1-19(18-58-41-38(56)36(54)33(51)29(16-46)61-41)6-9-27(48)20(2)31-28(49)15-26-24-8-7-22-14-23(10-12-44(22,4)25(24)11-13-45(26,31)5)60-43-40(37(55)34(52)30(17-47)62-43)63-42-39(57)35(53)32(50)21(3)59-42/h7,19-21,23-26,29-43,46-47,50-57H,6,8-18H2,1-5H3/t19-,20-,21?,23+,24-,25+,26+,29?,30?,31+,32+,33-,34-,35?,36?,37?,38+,39+,40+,41-,42+,43-,44+,45+/m1/s1. The molecule has 0 aromatic carbocycles. The molecule has 0 amide bonds. The van der Waals surface area contributed by atoms with Crippen LogP contribution < -0.4 is 0 Å². The summed E-state index contributed by atoms with van der Waals surface area (Å²) in [6.45, 7) is 8.71. The molecule has 6 fully saturated rings. The van der Waals surface area contributed by atoms with Gasteiger partial charge in [-0.3, -0.25) is 9.59 Å². The molecule has 18 heteroatoms. The fraction of sp³-hybridized carbons (Fsp3) is 0.911. The van der Waals surface area contributed by atoms with E-state index in [9.17, 15) is 60.7 Å². The molecule has 0 spiro atoms. The zero-order valence-corrected chi connectivity index (χ0v) is 37.0. The number of carbonyl (C=O) groups is 2. The van der Waals surface area contributed by atoms with Crippen molar-refractivity contribution in [1.29, 1.82) is 0 Å². The fourth-order valence-corrected chi connectivity index (χ4v) is 12.6. The minimum absolute atomic E-state index is 0.0171. The molecule has 7 rings (SSSR count). The smallest absolute Gasteiger partial charge is 0.187 e. The van der Waals surface area contributed by atoms with Gasteiger partial charge in [0, 0.05) is 24.7 Å². The molecule has 18 nitrogen and oxygen atoms in total. The molecule has 6 unspecified atom stereocenters. The lowest BCUT2D eigenvalue weighted by atomic mass is 9.47. The Morgan fingerprint density at radius 3 is 2.08 bits per heavy atom. The summed E-state index contributed by atoms with van der Waals surface area (Å²) in [6.07, 6.45) is -13.4. The van der Waals surface area contributed by atoms with Crippen molar-refractivity contribution in [1.82, 2.24) is 0 Å². The highest BCUT2D eigenvalue weighted by Gasteiger charge is 2.63. The van der Waals surface area contributed by atoms with Gasteiger partial charge in [-0.2, -0.15) is 0 Å². The molecular formula is C45H72O18. The van der Waals surface area contributed by atoms with Gasteiger partial charge in [-0.1, -0.05) is 39.3 Å². The van der Waals surface area contributed by atoms with Gasteiger partial charge in [-0.25, -0.2) is 0 Å². The summed E-state index contributed by atoms with van der Waals surface area (Å²) in [7, 11) is 0. The molecule has 0 radical (unpaired) electrons. The van der Waals surface area contributed by atoms with Crippen molar-refractivity contribution < 1.29 is 89.1 Å². The number of hydrogen-bond acceptors (Lipinski definition) is 18. The summed E-state index contributed by atoms with van der Waals surface area (Å²) < 4.78 is 35.1. The molecular weight excluding hydrogens is 828 g/mol. The topological polar surface area (TPSA) is 292 Å². The maximum Gasteiger partial charge on any atom is 0.187 e. The summed E-state index contributed by atoms with van der Waals surface area (Å²) >= 11 is 0. The molecule has 3 saturated carbocycles. The van der Waals surface area contributed by atoms with E-state index in [-0.39, 0.29) is 59.3 Å². The summed E-state index contributed by atoms with van der Waals surface area (Å²) in [6, 6.07) is 0. The predicted molar refractivity (Wildman–Crippen MR) is 218 cm³/mol. The Labute approximate surface area is 368 Å². The molecule has 3 heterocycles. The lowest BCUT2D eigenvalue weighted by Gasteiger charge is -2.58. The number of rotatable bonds is 14. The predicted octanol–water partition coefficient (Wildman–Crippen LogP) is -0.781. The molecule has 3 saturated heterocycles. The van der Waals surface area contributed by atoms with E-state index < -0.39 is 117 Å². The lowest BCUT2D eigenvalue weighted by Crippen LogP contribution is -2.64. The number of hydrogen-bond donors (Lipinski definition) is 10. The third kappa shape index (κ3) is 9.24. The second-order valence-corrected chi connectivity index (χ2v) is 20.4. The van der Waals surface area contributed by atoms with E-state index in [0.717, 1.165) is 25.7 Å². The van der Waals surface area contributed by atoms with Crippen molar-refractivity contribution in [2.24, 2.45) is 46.3 Å². The average molecular weight is 901 g/mol. The Morgan fingerprint density at radius 1 is 0.762 bits per heavy atom. The quantitative estimate of drug-likeness (QED) is 0.0957. The largest absolute Gasteiger partial charge is 0.394 e. The molecule has 63 heavy (non-hydrogen) atoms. The van der Waals surface area contributed by atoms with Crippen molar-refractivity contribution in [3.8, 4) is 0 Å². The van der Waals surface area contributed by atoms with Gasteiger partial charge in [0.05, 0.1) is 32.0 Å². The van der Waals surface area contributed by atoms with E-state index in [1.54, 1.807) is 0 Å². The minimum atomic E-state index is -1.67. The van der Waals surface area contributed by atoms with Crippen LogP contribution >= 0.6 is 0 Å². The Bertz CT molecular complexity index is 1630. The molecule has 24 atom stereocenters. The first-order valence-electron chi connectivity index (χ1n) is 23.1. The molecule has 10 N–H and O–H groups in total. The van der Waals surface area contributed by atoms with Crippen LogP contribution in [0.3, 0.4) is 0 Å². The monoisotopic (exact) mass is 900 g/mol. The van der Waals surface area contributed by atoms with E-state index in [1.807, 2.05) is 13.8 Å². The van der Waals surface area contributed by atoms with Gasteiger partial charge in [-0.05, 0) is 86.4 Å². The van der Waals surface area contributed by atoms with Crippen LogP contribution in [0.25, 0.3) is 0 Å². The molecule has 0 bridgehead atoms. The van der Waals surface area contributed by atoms with Crippen molar-refractivity contribution in [2.75, 3.05) is 19.8 Å². The normalized spacial score (nSPS) is 49.9. The van der Waals surface area contributed by atoms with Crippen LogP contribution in [0.4, 0.5) is 0 Å². The Balaban J connectivity index is 0.964. The number of aliphatic hydroxyl groups excluding tert-OH is 10. The fourth-order valence-electron chi connectivity index (χ4n) is 12.6. The highest BCUT2D eigenvalue weighted by molar-refractivity contribution is 5.92. The first-order chi connectivity index (χ1) is 29.7. The third-order valence-corrected chi connectivity index (χ3v) is 16.5. The van der Waals surface area contributed by atoms with Crippen LogP contribution in [-0.4, -0.2) is 181 Å². The van der Waals surface area contributed by atoms with Crippen LogP contribution in [-0.2, 0) is 38.0 Å². The zero-order valence-electron chi connectivity index (χ0n) is 37.0. The summed E-state index contributed by atoms with van der Waals surface area (Å²) in [5.74, 6) is -0.137. The Kier molecular flexibility index (Phi) is 15.3. The van der Waals surface area contributed by atoms with Gasteiger partial charge < -0.3 is 79.5 Å². The summed E-state index contributed by atoms with van der Waals surface area (Å²) in [5.41, 5.74) is 0.735. The third-order valence-electron chi connectivity index (χ3n) is 16.5. The van der Waals surface area contributed by atoms with E-state index in [2.05, 4.69) is 19.9 Å². The van der Waals surface area contributed by atoms with Gasteiger partial charge in [0.25, 0.3) is 0 Å². The van der Waals surface area contributed by atoms with Crippen LogP contribution in [0, 0.1) is 46.3 Å². The molecule has 0 aromatic rings. The van der Waals surface area contributed by atoms with Crippen LogP contribution in [0.1, 0.15) is 92.4 Å². The van der Waals surface area contributed by atoms with Gasteiger partial charge >= 0.3 is 0 Å². The van der Waals surface area contributed by atoms with Gasteiger partial charge in [-0.15, -0.1) is 0 Å². The van der Waals surface area contributed by atoms with E-state index >= 15 is 0 Å². The maximum absolute atomic E-state index is 14.0. The molecule has 7 aliphatic rings. The second-order valence-electron chi connectivity index (χ2n) is 20.4. The first-order valence-corrected chi connectivity index (χ1v) is 23.1. The Morgan fingerprint density at radius 2 is 1.40 bits per heavy atom. The van der Waals surface area contributed by atoms with Gasteiger partial charge in [0.2, 0.25) is 0 Å². The second kappa shape index (κ2) is 19.6. The molecule has 4 aliphatic carbocycles. The van der Waals surface area contributed by atoms with Crippen molar-refractivity contribution in [3.05, 3.63) is 11.6 Å². The van der Waals surface area contributed by atoms with Crippen LogP contribution in [0.15, 0.2) is 11.6 Å². The SMILES string of the molecule is CC1O[C@@H](O[C@H]2C(O)[C@H](O)C(CO)O[C@H]2O[C@H]2CC[C@@]3(C)C(=CC[C@H]4[C@@H]5CC(=O)[C@H]([C@H](C)C(=O)CC[C@@H](C)CO[C@@H]6OC(CO)[C@@H](O)C(O)[C@@H]6O)[C@@]5(C)CC[C@@H]43)C2)[C@@H](O)C(O)[C@H]1O. The number of allylic oxidation sites excluding steroid dienone is 1. The minimum Gasteiger partial charge on any atom is -0.394 e. The molecule has 0 aromatic heterocycles. The number of aliphatic hydroxyl groups is 10. The molecule has 360 valence electrons. The first kappa shape index (κ1) is 49.3. The summed E-state index contributed by atoms with van der Waals surface area (Å²) in [5, 5.41) is 103. The zero-order chi connectivity index (χ0) is 45.9. The van der Waals surface area contributed by atoms with E-state index in [0.29, 0.717) is 31.6 Å². The highest BCUT2D eigenvalue weighted by atomic mass is 16.8. The Hall–Kier alpha value is -1.56. The van der Waals surface area contributed by atoms with Crippen molar-refractivity contribution in [3.63, 3.8) is 0 Å². The van der Waals surface area contributed by atoms with Crippen LogP contribution in [0.2, 0.25) is 0 Å². The average Bonchev–Trinajstić information content (AvgIpc) is 3.54. The van der Waals surface area contributed by atoms with E-state index in [4.69, 9.17) is 28.4 Å². The van der Waals surface area contributed by atoms with Crippen molar-refractivity contribution >= 4 is 11.6 Å². The van der Waals surface area contributed by atoms with E-state index in [1.165, 1.54) is 12.5 Å². The lowest BCUT2D eigenvalue weighted by molar-refractivity contribution is -0.369. The number of Topliss-reactive ketones (excluding diaryl/α,β-unsaturated/α-hetero) is 2. The number of ether oxygens (including phenoxy) is 6.